The lowest BCUT2D eigenvalue weighted by molar-refractivity contribution is 0.262. The standard InChI is InChI=1S/C20H20F2N6O/c1-3-23-17-11-18(25-12(2)24-17)26-13-7-9-14(10-8-13)27-20(29)28-19-15(21)5-4-6-16(19)22/h4-11H,3H2,1-2H3,(H2,27,28,29)(H2,23,24,25,26). The van der Waals surface area contributed by atoms with Crippen LogP contribution in [-0.4, -0.2) is 22.5 Å². The first-order chi connectivity index (χ1) is 13.9. The number of urea groups is 1. The monoisotopic (exact) mass is 398 g/mol. The highest BCUT2D eigenvalue weighted by atomic mass is 19.1. The van der Waals surface area contributed by atoms with E-state index < -0.39 is 23.4 Å². The van der Waals surface area contributed by atoms with Gasteiger partial charge in [-0.15, -0.1) is 0 Å². The van der Waals surface area contributed by atoms with Crippen molar-refractivity contribution in [2.45, 2.75) is 13.8 Å². The average Bonchev–Trinajstić information content (AvgIpc) is 2.66. The maximum absolute atomic E-state index is 13.6. The first-order valence-electron chi connectivity index (χ1n) is 8.93. The molecule has 4 N–H and O–H groups in total. The van der Waals surface area contributed by atoms with E-state index in [4.69, 9.17) is 0 Å². The molecule has 2 amide bonds. The molecule has 0 atom stereocenters. The van der Waals surface area contributed by atoms with E-state index in [2.05, 4.69) is 31.2 Å². The minimum Gasteiger partial charge on any atom is -0.370 e. The maximum Gasteiger partial charge on any atom is 0.323 e. The average molecular weight is 398 g/mol. The summed E-state index contributed by atoms with van der Waals surface area (Å²) in [6.07, 6.45) is 0. The Morgan fingerprint density at radius 3 is 2.21 bits per heavy atom. The van der Waals surface area contributed by atoms with Crippen LogP contribution < -0.4 is 21.3 Å². The molecule has 2 aromatic carbocycles. The second kappa shape index (κ2) is 8.96. The number of nitrogens with zero attached hydrogens (tertiary/aromatic N) is 2. The minimum atomic E-state index is -0.850. The van der Waals surface area contributed by atoms with Crippen LogP contribution in [-0.2, 0) is 0 Å². The van der Waals surface area contributed by atoms with Crippen LogP contribution >= 0.6 is 0 Å². The quantitative estimate of drug-likeness (QED) is 0.475. The molecule has 0 aliphatic rings. The molecule has 0 aliphatic carbocycles. The molecule has 1 aromatic heterocycles. The molecule has 0 spiro atoms. The fourth-order valence-electron chi connectivity index (χ4n) is 2.58. The molecule has 0 saturated carbocycles. The highest BCUT2D eigenvalue weighted by molar-refractivity contribution is 6.00. The SMILES string of the molecule is CCNc1cc(Nc2ccc(NC(=O)Nc3c(F)cccc3F)cc2)nc(C)n1. The van der Waals surface area contributed by atoms with E-state index in [9.17, 15) is 13.6 Å². The molecule has 150 valence electrons. The lowest BCUT2D eigenvalue weighted by Crippen LogP contribution is -2.20. The third-order valence-electron chi connectivity index (χ3n) is 3.81. The van der Waals surface area contributed by atoms with Gasteiger partial charge >= 0.3 is 6.03 Å². The minimum absolute atomic E-state index is 0.456. The Labute approximate surface area is 166 Å². The number of halogens is 2. The van der Waals surface area contributed by atoms with Gasteiger partial charge in [0.05, 0.1) is 0 Å². The summed E-state index contributed by atoms with van der Waals surface area (Å²) in [5, 5.41) is 11.0. The van der Waals surface area contributed by atoms with Crippen LogP contribution in [0.25, 0.3) is 0 Å². The molecule has 0 unspecified atom stereocenters. The van der Waals surface area contributed by atoms with Gasteiger partial charge < -0.3 is 21.3 Å². The smallest absolute Gasteiger partial charge is 0.323 e. The van der Waals surface area contributed by atoms with Gasteiger partial charge in [0.1, 0.15) is 34.8 Å². The normalized spacial score (nSPS) is 10.3. The van der Waals surface area contributed by atoms with Gasteiger partial charge in [-0.1, -0.05) is 6.07 Å². The van der Waals surface area contributed by atoms with Crippen molar-refractivity contribution in [3.8, 4) is 0 Å². The molecule has 0 fully saturated rings. The second-order valence-electron chi connectivity index (χ2n) is 6.09. The van der Waals surface area contributed by atoms with Crippen molar-refractivity contribution in [3.63, 3.8) is 0 Å². The zero-order chi connectivity index (χ0) is 20.8. The van der Waals surface area contributed by atoms with Crippen molar-refractivity contribution in [2.75, 3.05) is 27.8 Å². The van der Waals surface area contributed by atoms with Gasteiger partial charge in [-0.2, -0.15) is 0 Å². The number of rotatable bonds is 6. The van der Waals surface area contributed by atoms with E-state index in [1.165, 1.54) is 6.07 Å². The second-order valence-corrected chi connectivity index (χ2v) is 6.09. The summed E-state index contributed by atoms with van der Waals surface area (Å²) >= 11 is 0. The molecule has 9 heteroatoms. The van der Waals surface area contributed by atoms with Crippen molar-refractivity contribution in [1.82, 2.24) is 9.97 Å². The van der Waals surface area contributed by atoms with Gasteiger partial charge in [0.15, 0.2) is 0 Å². The number of aromatic nitrogens is 2. The predicted molar refractivity (Wildman–Crippen MR) is 110 cm³/mol. The fraction of sp³-hybridized carbons (Fsp3) is 0.150. The topological polar surface area (TPSA) is 91.0 Å². The number of carbonyl (C=O) groups is 1. The molecule has 0 saturated heterocycles. The van der Waals surface area contributed by atoms with E-state index in [1.54, 1.807) is 37.3 Å². The van der Waals surface area contributed by atoms with Crippen LogP contribution in [0, 0.1) is 18.6 Å². The number of para-hydroxylation sites is 1. The number of amides is 2. The molecule has 0 radical (unpaired) electrons. The Morgan fingerprint density at radius 1 is 0.931 bits per heavy atom. The highest BCUT2D eigenvalue weighted by Crippen LogP contribution is 2.21. The molecule has 3 rings (SSSR count). The number of anilines is 5. The Kier molecular flexibility index (Phi) is 6.18. The van der Waals surface area contributed by atoms with Gasteiger partial charge in [-0.25, -0.2) is 23.5 Å². The summed E-state index contributed by atoms with van der Waals surface area (Å²) < 4.78 is 27.2. The van der Waals surface area contributed by atoms with E-state index >= 15 is 0 Å². The molecule has 0 aliphatic heterocycles. The van der Waals surface area contributed by atoms with Crippen molar-refractivity contribution in [1.29, 1.82) is 0 Å². The molecule has 29 heavy (non-hydrogen) atoms. The third kappa shape index (κ3) is 5.38. The van der Waals surface area contributed by atoms with Gasteiger partial charge in [-0.3, -0.25) is 0 Å². The van der Waals surface area contributed by atoms with Gasteiger partial charge in [0, 0.05) is 24.0 Å². The van der Waals surface area contributed by atoms with Crippen LogP contribution in [0.3, 0.4) is 0 Å². The predicted octanol–water partition coefficient (Wildman–Crippen LogP) is 4.88. The summed E-state index contributed by atoms with van der Waals surface area (Å²) in [6, 6.07) is 11.2. The number of hydrogen-bond donors (Lipinski definition) is 4. The van der Waals surface area contributed by atoms with E-state index in [1.807, 2.05) is 6.92 Å². The molecule has 3 aromatic rings. The van der Waals surface area contributed by atoms with Crippen LogP contribution in [0.2, 0.25) is 0 Å². The molecule has 1 heterocycles. The summed E-state index contributed by atoms with van der Waals surface area (Å²) in [4.78, 5) is 20.6. The number of hydrogen-bond acceptors (Lipinski definition) is 5. The maximum atomic E-state index is 13.6. The summed E-state index contributed by atoms with van der Waals surface area (Å²) in [7, 11) is 0. The lowest BCUT2D eigenvalue weighted by atomic mass is 10.2. The Morgan fingerprint density at radius 2 is 1.55 bits per heavy atom. The third-order valence-corrected chi connectivity index (χ3v) is 3.81. The molecule has 0 bridgehead atoms. The first kappa shape index (κ1) is 20.0. The number of benzene rings is 2. The molecular weight excluding hydrogens is 378 g/mol. The molecule has 7 nitrogen and oxygen atoms in total. The summed E-state index contributed by atoms with van der Waals surface area (Å²) in [5.74, 6) is 0.273. The Bertz CT molecular complexity index is 990. The molecular formula is C20H20F2N6O. The van der Waals surface area contributed by atoms with Crippen molar-refractivity contribution in [2.24, 2.45) is 0 Å². The number of nitrogens with one attached hydrogen (secondary N) is 4. The highest BCUT2D eigenvalue weighted by Gasteiger charge is 2.12. The van der Waals surface area contributed by atoms with Crippen LogP contribution in [0.5, 0.6) is 0 Å². The van der Waals surface area contributed by atoms with Crippen molar-refractivity contribution < 1.29 is 13.6 Å². The summed E-state index contributed by atoms with van der Waals surface area (Å²) in [5.41, 5.74) is 0.701. The van der Waals surface area contributed by atoms with Crippen LogP contribution in [0.1, 0.15) is 12.7 Å². The van der Waals surface area contributed by atoms with Gasteiger partial charge in [0.25, 0.3) is 0 Å². The summed E-state index contributed by atoms with van der Waals surface area (Å²) in [6.45, 7) is 4.53. The zero-order valence-electron chi connectivity index (χ0n) is 15.9. The van der Waals surface area contributed by atoms with Crippen molar-refractivity contribution in [3.05, 3.63) is 66.0 Å². The van der Waals surface area contributed by atoms with Crippen molar-refractivity contribution >= 4 is 34.7 Å². The fourth-order valence-corrected chi connectivity index (χ4v) is 2.58. The van der Waals surface area contributed by atoms with E-state index in [0.29, 0.717) is 17.3 Å². The number of carbonyl (C=O) groups excluding carboxylic acids is 1. The van der Waals surface area contributed by atoms with E-state index in [0.717, 1.165) is 30.2 Å². The zero-order valence-corrected chi connectivity index (χ0v) is 15.9. The first-order valence-corrected chi connectivity index (χ1v) is 8.93. The lowest BCUT2D eigenvalue weighted by Gasteiger charge is -2.11. The van der Waals surface area contributed by atoms with E-state index in [-0.39, 0.29) is 0 Å². The van der Waals surface area contributed by atoms with Gasteiger partial charge in [-0.05, 0) is 50.2 Å². The largest absolute Gasteiger partial charge is 0.370 e. The van der Waals surface area contributed by atoms with Crippen LogP contribution in [0.15, 0.2) is 48.5 Å². The Balaban J connectivity index is 1.64. The van der Waals surface area contributed by atoms with Gasteiger partial charge in [0.2, 0.25) is 0 Å². The van der Waals surface area contributed by atoms with Crippen LogP contribution in [0.4, 0.5) is 42.3 Å². The Hall–Kier alpha value is -3.75. The number of aryl methyl sites for hydroxylation is 1.